The first kappa shape index (κ1) is 11.4. The van der Waals surface area contributed by atoms with E-state index in [1.807, 2.05) is 0 Å². The summed E-state index contributed by atoms with van der Waals surface area (Å²) in [6.07, 6.45) is -0.513. The molecule has 0 aliphatic heterocycles. The number of hydrogen-bond donors (Lipinski definition) is 3. The predicted molar refractivity (Wildman–Crippen MR) is 47.3 cm³/mol. The number of carbonyl (C=O) groups is 1. The first-order chi connectivity index (χ1) is 6.93. The third-order valence-corrected chi connectivity index (χ3v) is 1.91. The minimum absolute atomic E-state index is 0.513. The Bertz CT molecular complexity index is 395. The van der Waals surface area contributed by atoms with E-state index in [0.29, 0.717) is 0 Å². The molecule has 0 radical (unpaired) electrons. The predicted octanol–water partition coefficient (Wildman–Crippen LogP) is 0.625. The summed E-state index contributed by atoms with van der Waals surface area (Å²) in [5, 5.41) is 17.4. The van der Waals surface area contributed by atoms with Crippen LogP contribution in [0.25, 0.3) is 0 Å². The van der Waals surface area contributed by atoms with Crippen LogP contribution in [0.1, 0.15) is 5.56 Å². The van der Waals surface area contributed by atoms with Crippen LogP contribution in [-0.4, -0.2) is 22.2 Å². The highest BCUT2D eigenvalue weighted by molar-refractivity contribution is 5.73. The van der Waals surface area contributed by atoms with Crippen molar-refractivity contribution in [1.82, 2.24) is 0 Å². The normalized spacial score (nSPS) is 12.5. The Hall–Kier alpha value is -1.69. The summed E-state index contributed by atoms with van der Waals surface area (Å²) in [5.41, 5.74) is 4.60. The second-order valence-corrected chi connectivity index (χ2v) is 3.01. The third-order valence-electron chi connectivity index (χ3n) is 1.91. The SMILES string of the molecule is N[C@@H](Cc1c(F)ccc(O)c1F)C(=O)O. The van der Waals surface area contributed by atoms with Crippen LogP contribution in [0.3, 0.4) is 0 Å². The summed E-state index contributed by atoms with van der Waals surface area (Å²) >= 11 is 0. The number of halogens is 2. The van der Waals surface area contributed by atoms with Crippen molar-refractivity contribution >= 4 is 5.97 Å². The number of aliphatic carboxylic acids is 1. The Balaban J connectivity index is 3.03. The second-order valence-electron chi connectivity index (χ2n) is 3.01. The molecule has 1 rings (SSSR count). The monoisotopic (exact) mass is 217 g/mol. The lowest BCUT2D eigenvalue weighted by molar-refractivity contribution is -0.138. The van der Waals surface area contributed by atoms with Gasteiger partial charge in [-0.1, -0.05) is 0 Å². The summed E-state index contributed by atoms with van der Waals surface area (Å²) in [7, 11) is 0. The number of rotatable bonds is 3. The Morgan fingerprint density at radius 2 is 2.07 bits per heavy atom. The highest BCUT2D eigenvalue weighted by Crippen LogP contribution is 2.22. The molecule has 0 aromatic heterocycles. The molecule has 0 unspecified atom stereocenters. The van der Waals surface area contributed by atoms with E-state index in [1.165, 1.54) is 0 Å². The molecule has 1 aromatic rings. The first-order valence-corrected chi connectivity index (χ1v) is 4.07. The highest BCUT2D eigenvalue weighted by Gasteiger charge is 2.19. The molecule has 15 heavy (non-hydrogen) atoms. The number of benzene rings is 1. The van der Waals surface area contributed by atoms with Gasteiger partial charge in [0.1, 0.15) is 11.9 Å². The van der Waals surface area contributed by atoms with Crippen molar-refractivity contribution in [3.05, 3.63) is 29.3 Å². The maximum absolute atomic E-state index is 13.1. The lowest BCUT2D eigenvalue weighted by Gasteiger charge is -2.09. The van der Waals surface area contributed by atoms with Crippen LogP contribution in [0.4, 0.5) is 8.78 Å². The molecular formula is C9H9F2NO3. The molecule has 0 aliphatic carbocycles. The van der Waals surface area contributed by atoms with Gasteiger partial charge in [0.25, 0.3) is 0 Å². The van der Waals surface area contributed by atoms with Gasteiger partial charge in [-0.25, -0.2) is 8.78 Å². The lowest BCUT2D eigenvalue weighted by Crippen LogP contribution is -2.32. The number of phenolic OH excluding ortho intramolecular Hbond substituents is 1. The summed E-state index contributed by atoms with van der Waals surface area (Å²) in [5.74, 6) is -4.20. The molecule has 0 fully saturated rings. The van der Waals surface area contributed by atoms with E-state index < -0.39 is 41.4 Å². The van der Waals surface area contributed by atoms with Crippen molar-refractivity contribution in [1.29, 1.82) is 0 Å². The van der Waals surface area contributed by atoms with Gasteiger partial charge in [0.15, 0.2) is 11.6 Å². The number of carboxylic acid groups (broad SMARTS) is 1. The van der Waals surface area contributed by atoms with Gasteiger partial charge in [-0.15, -0.1) is 0 Å². The molecule has 0 amide bonds. The smallest absolute Gasteiger partial charge is 0.320 e. The van der Waals surface area contributed by atoms with Gasteiger partial charge >= 0.3 is 5.97 Å². The van der Waals surface area contributed by atoms with Gasteiger partial charge in [-0.05, 0) is 12.1 Å². The number of aromatic hydroxyl groups is 1. The van der Waals surface area contributed by atoms with E-state index >= 15 is 0 Å². The number of carboxylic acids is 1. The van der Waals surface area contributed by atoms with Crippen molar-refractivity contribution < 1.29 is 23.8 Å². The van der Waals surface area contributed by atoms with Crippen LogP contribution in [0.2, 0.25) is 0 Å². The summed E-state index contributed by atoms with van der Waals surface area (Å²) in [4.78, 5) is 10.4. The van der Waals surface area contributed by atoms with Crippen molar-refractivity contribution in [2.45, 2.75) is 12.5 Å². The lowest BCUT2D eigenvalue weighted by atomic mass is 10.0. The molecule has 0 bridgehead atoms. The van der Waals surface area contributed by atoms with Crippen molar-refractivity contribution in [2.75, 3.05) is 0 Å². The molecule has 0 spiro atoms. The zero-order valence-electron chi connectivity index (χ0n) is 7.58. The summed E-state index contributed by atoms with van der Waals surface area (Å²) in [6.45, 7) is 0. The molecule has 6 heteroatoms. The van der Waals surface area contributed by atoms with Crippen molar-refractivity contribution in [3.8, 4) is 5.75 Å². The fourth-order valence-corrected chi connectivity index (χ4v) is 1.08. The zero-order valence-corrected chi connectivity index (χ0v) is 7.58. The molecule has 4 N–H and O–H groups in total. The minimum atomic E-state index is -1.41. The number of hydrogen-bond acceptors (Lipinski definition) is 3. The van der Waals surface area contributed by atoms with E-state index in [1.54, 1.807) is 0 Å². The Morgan fingerprint density at radius 1 is 1.47 bits per heavy atom. The summed E-state index contributed by atoms with van der Waals surface area (Å²) < 4.78 is 26.2. The first-order valence-electron chi connectivity index (χ1n) is 4.07. The van der Waals surface area contributed by atoms with E-state index in [0.717, 1.165) is 12.1 Å². The fourth-order valence-electron chi connectivity index (χ4n) is 1.08. The molecule has 0 aliphatic rings. The number of phenols is 1. The molecule has 0 saturated heterocycles. The topological polar surface area (TPSA) is 83.5 Å². The molecule has 82 valence electrons. The third kappa shape index (κ3) is 2.41. The fraction of sp³-hybridized carbons (Fsp3) is 0.222. The average Bonchev–Trinajstić information content (AvgIpc) is 2.18. The van der Waals surface area contributed by atoms with Crippen LogP contribution in [0.5, 0.6) is 5.75 Å². The van der Waals surface area contributed by atoms with Crippen LogP contribution >= 0.6 is 0 Å². The maximum Gasteiger partial charge on any atom is 0.320 e. The molecular weight excluding hydrogens is 208 g/mol. The molecule has 0 saturated carbocycles. The van der Waals surface area contributed by atoms with Gasteiger partial charge in [-0.2, -0.15) is 0 Å². The van der Waals surface area contributed by atoms with Gasteiger partial charge < -0.3 is 15.9 Å². The average molecular weight is 217 g/mol. The molecule has 0 heterocycles. The maximum atomic E-state index is 13.1. The van der Waals surface area contributed by atoms with E-state index in [-0.39, 0.29) is 0 Å². The Kier molecular flexibility index (Phi) is 3.21. The van der Waals surface area contributed by atoms with Crippen molar-refractivity contribution in [3.63, 3.8) is 0 Å². The van der Waals surface area contributed by atoms with E-state index in [2.05, 4.69) is 0 Å². The summed E-state index contributed by atoms with van der Waals surface area (Å²) in [6, 6.07) is 0.291. The van der Waals surface area contributed by atoms with Gasteiger partial charge in [-0.3, -0.25) is 4.79 Å². The standard InChI is InChI=1S/C9H9F2NO3/c10-5-1-2-7(13)8(11)4(5)3-6(12)9(14)15/h1-2,6,13H,3,12H2,(H,14,15)/t6-/m0/s1. The quantitative estimate of drug-likeness (QED) is 0.693. The van der Waals surface area contributed by atoms with Crippen LogP contribution in [0.15, 0.2) is 12.1 Å². The van der Waals surface area contributed by atoms with Crippen LogP contribution in [-0.2, 0) is 11.2 Å². The largest absolute Gasteiger partial charge is 0.505 e. The minimum Gasteiger partial charge on any atom is -0.505 e. The Morgan fingerprint density at radius 3 is 2.60 bits per heavy atom. The second kappa shape index (κ2) is 4.22. The van der Waals surface area contributed by atoms with Crippen molar-refractivity contribution in [2.24, 2.45) is 5.73 Å². The Labute approximate surface area is 83.9 Å². The van der Waals surface area contributed by atoms with E-state index in [4.69, 9.17) is 15.9 Å². The zero-order chi connectivity index (χ0) is 11.6. The van der Waals surface area contributed by atoms with Crippen LogP contribution in [0, 0.1) is 11.6 Å². The van der Waals surface area contributed by atoms with Gasteiger partial charge in [0.2, 0.25) is 0 Å². The molecule has 4 nitrogen and oxygen atoms in total. The molecule has 1 atom stereocenters. The van der Waals surface area contributed by atoms with Gasteiger partial charge in [0, 0.05) is 12.0 Å². The van der Waals surface area contributed by atoms with Gasteiger partial charge in [0.05, 0.1) is 0 Å². The highest BCUT2D eigenvalue weighted by atomic mass is 19.1. The molecule has 1 aromatic carbocycles. The van der Waals surface area contributed by atoms with E-state index in [9.17, 15) is 13.6 Å². The van der Waals surface area contributed by atoms with Crippen LogP contribution < -0.4 is 5.73 Å². The number of nitrogens with two attached hydrogens (primary N) is 1.